The summed E-state index contributed by atoms with van der Waals surface area (Å²) < 4.78 is 13.0. The number of benzene rings is 1. The summed E-state index contributed by atoms with van der Waals surface area (Å²) in [5.74, 6) is -1.78. The fourth-order valence-electron chi connectivity index (χ4n) is 1.54. The van der Waals surface area contributed by atoms with Crippen LogP contribution in [-0.4, -0.2) is 17.9 Å². The van der Waals surface area contributed by atoms with E-state index in [1.807, 2.05) is 6.07 Å². The highest BCUT2D eigenvalue weighted by Crippen LogP contribution is 2.06. The molecule has 1 atom stereocenters. The predicted molar refractivity (Wildman–Crippen MR) is 66.3 cm³/mol. The first-order valence-electron chi connectivity index (χ1n) is 5.77. The Morgan fingerprint density at radius 2 is 2.21 bits per heavy atom. The largest absolute Gasteiger partial charge is 0.368 e. The molecule has 2 amide bonds. The van der Waals surface area contributed by atoms with Crippen molar-refractivity contribution in [2.75, 3.05) is 0 Å². The fraction of sp³-hybridized carbons (Fsp3) is 0.308. The molecule has 0 unspecified atom stereocenters. The molecule has 19 heavy (non-hydrogen) atoms. The Kier molecular flexibility index (Phi) is 5.48. The van der Waals surface area contributed by atoms with Gasteiger partial charge in [-0.25, -0.2) is 4.39 Å². The van der Waals surface area contributed by atoms with Crippen molar-refractivity contribution in [3.8, 4) is 6.07 Å². The van der Waals surface area contributed by atoms with Crippen LogP contribution in [0.2, 0.25) is 0 Å². The lowest BCUT2D eigenvalue weighted by atomic mass is 10.1. The number of rotatable bonds is 6. The molecule has 0 fully saturated rings. The van der Waals surface area contributed by atoms with Crippen molar-refractivity contribution in [2.24, 2.45) is 5.73 Å². The zero-order chi connectivity index (χ0) is 14.3. The summed E-state index contributed by atoms with van der Waals surface area (Å²) in [4.78, 5) is 23.0. The molecule has 100 valence electrons. The Morgan fingerprint density at radius 3 is 2.79 bits per heavy atom. The van der Waals surface area contributed by atoms with E-state index in [9.17, 15) is 14.0 Å². The van der Waals surface area contributed by atoms with Gasteiger partial charge < -0.3 is 11.1 Å². The van der Waals surface area contributed by atoms with Gasteiger partial charge in [0.05, 0.1) is 6.07 Å². The Hall–Kier alpha value is -2.42. The van der Waals surface area contributed by atoms with E-state index in [-0.39, 0.29) is 18.4 Å². The third-order valence-electron chi connectivity index (χ3n) is 2.52. The van der Waals surface area contributed by atoms with Crippen LogP contribution in [0.1, 0.15) is 29.6 Å². The van der Waals surface area contributed by atoms with Crippen LogP contribution in [-0.2, 0) is 4.79 Å². The summed E-state index contributed by atoms with van der Waals surface area (Å²) in [6, 6.07) is 6.21. The number of hydrogen-bond acceptors (Lipinski definition) is 3. The summed E-state index contributed by atoms with van der Waals surface area (Å²) in [6.45, 7) is 0. The summed E-state index contributed by atoms with van der Waals surface area (Å²) >= 11 is 0. The van der Waals surface area contributed by atoms with E-state index in [1.165, 1.54) is 18.2 Å². The van der Waals surface area contributed by atoms with Gasteiger partial charge in [-0.15, -0.1) is 0 Å². The normalized spacial score (nSPS) is 11.4. The van der Waals surface area contributed by atoms with Crippen LogP contribution >= 0.6 is 0 Å². The van der Waals surface area contributed by atoms with Gasteiger partial charge in [0, 0.05) is 12.0 Å². The number of carbonyl (C=O) groups excluding carboxylic acids is 2. The predicted octanol–water partition coefficient (Wildman–Crippen LogP) is 1.10. The number of unbranched alkanes of at least 4 members (excludes halogenated alkanes) is 1. The summed E-state index contributed by atoms with van der Waals surface area (Å²) in [7, 11) is 0. The SMILES string of the molecule is N#CCCC[C@H](NC(=O)c1cccc(F)c1)C(N)=O. The van der Waals surface area contributed by atoms with E-state index < -0.39 is 23.7 Å². The molecule has 1 rings (SSSR count). The molecule has 0 bridgehead atoms. The minimum Gasteiger partial charge on any atom is -0.368 e. The lowest BCUT2D eigenvalue weighted by Crippen LogP contribution is -2.44. The van der Waals surface area contributed by atoms with Crippen LogP contribution in [0.4, 0.5) is 4.39 Å². The van der Waals surface area contributed by atoms with Crippen molar-refractivity contribution < 1.29 is 14.0 Å². The molecule has 0 spiro atoms. The van der Waals surface area contributed by atoms with E-state index in [1.54, 1.807) is 0 Å². The molecule has 0 aromatic heterocycles. The zero-order valence-corrected chi connectivity index (χ0v) is 10.2. The van der Waals surface area contributed by atoms with Crippen molar-refractivity contribution in [1.29, 1.82) is 5.26 Å². The van der Waals surface area contributed by atoms with Gasteiger partial charge in [-0.2, -0.15) is 5.26 Å². The second-order valence-electron chi connectivity index (χ2n) is 3.99. The summed E-state index contributed by atoms with van der Waals surface area (Å²) in [5.41, 5.74) is 5.28. The van der Waals surface area contributed by atoms with Gasteiger partial charge in [0.15, 0.2) is 0 Å². The number of carbonyl (C=O) groups is 2. The maximum Gasteiger partial charge on any atom is 0.252 e. The minimum absolute atomic E-state index is 0.117. The van der Waals surface area contributed by atoms with Gasteiger partial charge in [0.25, 0.3) is 5.91 Å². The summed E-state index contributed by atoms with van der Waals surface area (Å²) in [5, 5.41) is 10.8. The van der Waals surface area contributed by atoms with Crippen LogP contribution in [0.5, 0.6) is 0 Å². The topological polar surface area (TPSA) is 96.0 Å². The van der Waals surface area contributed by atoms with Crippen molar-refractivity contribution in [2.45, 2.75) is 25.3 Å². The van der Waals surface area contributed by atoms with Gasteiger partial charge in [-0.3, -0.25) is 9.59 Å². The summed E-state index contributed by atoms with van der Waals surface area (Å²) in [6.07, 6.45) is 1.01. The Bertz CT molecular complexity index is 511. The van der Waals surface area contributed by atoms with Crippen molar-refractivity contribution in [3.63, 3.8) is 0 Å². The maximum absolute atomic E-state index is 13.0. The molecule has 6 heteroatoms. The molecule has 0 saturated carbocycles. The molecule has 0 aliphatic rings. The van der Waals surface area contributed by atoms with E-state index in [0.717, 1.165) is 6.07 Å². The smallest absolute Gasteiger partial charge is 0.252 e. The highest BCUT2D eigenvalue weighted by molar-refractivity contribution is 5.97. The van der Waals surface area contributed by atoms with Crippen molar-refractivity contribution in [3.05, 3.63) is 35.6 Å². The van der Waals surface area contributed by atoms with Crippen molar-refractivity contribution in [1.82, 2.24) is 5.32 Å². The monoisotopic (exact) mass is 263 g/mol. The average Bonchev–Trinajstić information content (AvgIpc) is 2.37. The van der Waals surface area contributed by atoms with Gasteiger partial charge in [0.2, 0.25) is 5.91 Å². The highest BCUT2D eigenvalue weighted by Gasteiger charge is 2.18. The first kappa shape index (κ1) is 14.6. The molecular formula is C13H14FN3O2. The van der Waals surface area contributed by atoms with E-state index in [0.29, 0.717) is 6.42 Å². The molecule has 5 nitrogen and oxygen atoms in total. The average molecular weight is 263 g/mol. The van der Waals surface area contributed by atoms with Gasteiger partial charge in [-0.1, -0.05) is 6.07 Å². The first-order valence-corrected chi connectivity index (χ1v) is 5.77. The molecule has 1 aromatic rings. The number of nitriles is 1. The van der Waals surface area contributed by atoms with E-state index in [4.69, 9.17) is 11.0 Å². The first-order chi connectivity index (χ1) is 9.04. The lowest BCUT2D eigenvalue weighted by Gasteiger charge is -2.14. The minimum atomic E-state index is -0.857. The number of nitrogens with zero attached hydrogens (tertiary/aromatic N) is 1. The molecule has 3 N–H and O–H groups in total. The standard InChI is InChI=1S/C13H14FN3O2/c14-10-5-3-4-9(8-10)13(19)17-11(12(16)18)6-1-2-7-15/h3-5,8,11H,1-2,6H2,(H2,16,18)(H,17,19)/t11-/m0/s1. The molecule has 1 aromatic carbocycles. The molecule has 0 aliphatic carbocycles. The number of nitrogens with two attached hydrogens (primary N) is 1. The second kappa shape index (κ2) is 7.11. The van der Waals surface area contributed by atoms with Crippen LogP contribution in [0.3, 0.4) is 0 Å². The molecule has 0 aliphatic heterocycles. The van der Waals surface area contributed by atoms with Crippen molar-refractivity contribution >= 4 is 11.8 Å². The third kappa shape index (κ3) is 4.76. The van der Waals surface area contributed by atoms with Crippen LogP contribution in [0.15, 0.2) is 24.3 Å². The van der Waals surface area contributed by atoms with Gasteiger partial charge >= 0.3 is 0 Å². The number of amides is 2. The molecule has 0 radical (unpaired) electrons. The zero-order valence-electron chi connectivity index (χ0n) is 10.2. The highest BCUT2D eigenvalue weighted by atomic mass is 19.1. The second-order valence-corrected chi connectivity index (χ2v) is 3.99. The lowest BCUT2D eigenvalue weighted by molar-refractivity contribution is -0.120. The number of nitrogens with one attached hydrogen (secondary N) is 1. The Labute approximate surface area is 110 Å². The van der Waals surface area contributed by atoms with E-state index in [2.05, 4.69) is 5.32 Å². The molecular weight excluding hydrogens is 249 g/mol. The number of halogens is 1. The molecule has 0 saturated heterocycles. The van der Waals surface area contributed by atoms with Crippen LogP contribution < -0.4 is 11.1 Å². The van der Waals surface area contributed by atoms with Gasteiger partial charge in [0.1, 0.15) is 11.9 Å². The third-order valence-corrected chi connectivity index (χ3v) is 2.52. The fourth-order valence-corrected chi connectivity index (χ4v) is 1.54. The van der Waals surface area contributed by atoms with Gasteiger partial charge in [-0.05, 0) is 31.0 Å². The number of hydrogen-bond donors (Lipinski definition) is 2. The maximum atomic E-state index is 13.0. The Morgan fingerprint density at radius 1 is 1.47 bits per heavy atom. The molecule has 0 heterocycles. The Balaban J connectivity index is 2.66. The van der Waals surface area contributed by atoms with Crippen LogP contribution in [0.25, 0.3) is 0 Å². The quantitative estimate of drug-likeness (QED) is 0.752. The van der Waals surface area contributed by atoms with Crippen LogP contribution in [0, 0.1) is 17.1 Å². The number of primary amides is 1. The van der Waals surface area contributed by atoms with E-state index >= 15 is 0 Å².